The number of nitriles is 1. The van der Waals surface area contributed by atoms with E-state index >= 15 is 0 Å². The summed E-state index contributed by atoms with van der Waals surface area (Å²) in [6.07, 6.45) is 0. The van der Waals surface area contributed by atoms with Gasteiger partial charge < -0.3 is 4.74 Å². The lowest BCUT2D eigenvalue weighted by Gasteiger charge is -2.10. The van der Waals surface area contributed by atoms with Gasteiger partial charge in [0, 0.05) is 22.0 Å². The van der Waals surface area contributed by atoms with Crippen molar-refractivity contribution in [3.8, 4) is 6.07 Å². The summed E-state index contributed by atoms with van der Waals surface area (Å²) in [6, 6.07) is 15.7. The van der Waals surface area contributed by atoms with Crippen molar-refractivity contribution in [1.29, 1.82) is 5.26 Å². The zero-order valence-corrected chi connectivity index (χ0v) is 17.2. The van der Waals surface area contributed by atoms with Crippen LogP contribution in [0.5, 0.6) is 0 Å². The highest BCUT2D eigenvalue weighted by Gasteiger charge is 2.72. The minimum Gasteiger partial charge on any atom is -0.380 e. The van der Waals surface area contributed by atoms with Crippen molar-refractivity contribution in [1.82, 2.24) is 0 Å². The third-order valence-electron chi connectivity index (χ3n) is 4.72. The molecule has 3 rings (SSSR count). The number of benzene rings is 2. The van der Waals surface area contributed by atoms with Gasteiger partial charge in [0.05, 0.1) is 22.8 Å². The molecular formula is C19H17BrClNO3S. The number of halogens is 2. The molecule has 4 nitrogen and oxygen atoms in total. The predicted octanol–water partition coefficient (Wildman–Crippen LogP) is 4.59. The van der Waals surface area contributed by atoms with Gasteiger partial charge in [0.15, 0.2) is 9.84 Å². The van der Waals surface area contributed by atoms with Crippen LogP contribution in [0.4, 0.5) is 0 Å². The van der Waals surface area contributed by atoms with Gasteiger partial charge in [0.1, 0.15) is 5.41 Å². The standard InChI is InChI=1S/C19H17BrClNO3S/c1-2-25-12-19(11-22)17(13-3-5-14(20)6-4-13)18(19)26(23,24)16-9-7-15(21)8-10-16/h3-10,17-18H,2,12H2,1H3/t17-,18+,19+/m0/s1. The summed E-state index contributed by atoms with van der Waals surface area (Å²) in [7, 11) is -3.71. The summed E-state index contributed by atoms with van der Waals surface area (Å²) in [4.78, 5) is 0.169. The highest BCUT2D eigenvalue weighted by atomic mass is 79.9. The maximum Gasteiger partial charge on any atom is 0.183 e. The molecule has 1 aliphatic rings. The van der Waals surface area contributed by atoms with Crippen molar-refractivity contribution in [2.45, 2.75) is 23.0 Å². The Hall–Kier alpha value is -1.39. The first-order valence-electron chi connectivity index (χ1n) is 8.10. The smallest absolute Gasteiger partial charge is 0.183 e. The quantitative estimate of drug-likeness (QED) is 0.640. The molecule has 0 saturated heterocycles. The number of rotatable bonds is 6. The number of sulfone groups is 1. The first kappa shape index (κ1) is 19.4. The fourth-order valence-electron chi connectivity index (χ4n) is 3.38. The Balaban J connectivity index is 2.05. The monoisotopic (exact) mass is 453 g/mol. The van der Waals surface area contributed by atoms with E-state index in [1.807, 2.05) is 31.2 Å². The van der Waals surface area contributed by atoms with Crippen LogP contribution in [0.3, 0.4) is 0 Å². The Morgan fingerprint density at radius 3 is 2.35 bits per heavy atom. The van der Waals surface area contributed by atoms with Crippen LogP contribution in [0.1, 0.15) is 18.4 Å². The summed E-state index contributed by atoms with van der Waals surface area (Å²) < 4.78 is 32.9. The van der Waals surface area contributed by atoms with Crippen molar-refractivity contribution in [3.63, 3.8) is 0 Å². The van der Waals surface area contributed by atoms with E-state index in [-0.39, 0.29) is 11.5 Å². The van der Waals surface area contributed by atoms with Crippen molar-refractivity contribution in [2.24, 2.45) is 5.41 Å². The highest BCUT2D eigenvalue weighted by Crippen LogP contribution is 2.64. The number of ether oxygens (including phenoxy) is 1. The Labute approximate surface area is 166 Å². The summed E-state index contributed by atoms with van der Waals surface area (Å²) in [5, 5.41) is 9.48. The molecule has 0 bridgehead atoms. The van der Waals surface area contributed by atoms with E-state index in [2.05, 4.69) is 22.0 Å². The molecule has 0 heterocycles. The van der Waals surface area contributed by atoms with E-state index in [1.54, 1.807) is 12.1 Å². The molecule has 1 fully saturated rings. The average Bonchev–Trinajstić information content (AvgIpc) is 3.31. The van der Waals surface area contributed by atoms with Crippen molar-refractivity contribution in [3.05, 3.63) is 63.6 Å². The van der Waals surface area contributed by atoms with Gasteiger partial charge in [-0.2, -0.15) is 5.26 Å². The van der Waals surface area contributed by atoms with Gasteiger partial charge in [0.25, 0.3) is 0 Å². The average molecular weight is 455 g/mol. The zero-order chi connectivity index (χ0) is 18.9. The van der Waals surface area contributed by atoms with E-state index in [0.29, 0.717) is 11.6 Å². The Morgan fingerprint density at radius 2 is 1.81 bits per heavy atom. The van der Waals surface area contributed by atoms with Gasteiger partial charge >= 0.3 is 0 Å². The lowest BCUT2D eigenvalue weighted by atomic mass is 10.0. The van der Waals surface area contributed by atoms with Crippen LogP contribution in [0, 0.1) is 16.7 Å². The fraction of sp³-hybridized carbons (Fsp3) is 0.316. The lowest BCUT2D eigenvalue weighted by Crippen LogP contribution is -2.19. The van der Waals surface area contributed by atoms with E-state index < -0.39 is 26.4 Å². The van der Waals surface area contributed by atoms with E-state index in [1.165, 1.54) is 12.1 Å². The highest BCUT2D eigenvalue weighted by molar-refractivity contribution is 9.10. The maximum atomic E-state index is 13.2. The van der Waals surface area contributed by atoms with Crippen molar-refractivity contribution in [2.75, 3.05) is 13.2 Å². The molecule has 2 aromatic rings. The molecular weight excluding hydrogens is 438 g/mol. The molecule has 0 N–H and O–H groups in total. The van der Waals surface area contributed by atoms with Gasteiger partial charge in [-0.1, -0.05) is 39.7 Å². The molecule has 136 valence electrons. The molecule has 0 aromatic heterocycles. The third kappa shape index (κ3) is 3.29. The second-order valence-electron chi connectivity index (χ2n) is 6.24. The fourth-order valence-corrected chi connectivity index (χ4v) is 6.08. The normalized spacial score (nSPS) is 24.8. The largest absolute Gasteiger partial charge is 0.380 e. The molecule has 2 aromatic carbocycles. The molecule has 26 heavy (non-hydrogen) atoms. The topological polar surface area (TPSA) is 67.2 Å². The number of hydrogen-bond donors (Lipinski definition) is 0. The van der Waals surface area contributed by atoms with Crippen molar-refractivity contribution < 1.29 is 13.2 Å². The van der Waals surface area contributed by atoms with Gasteiger partial charge in [-0.05, 0) is 48.9 Å². The molecule has 0 spiro atoms. The Morgan fingerprint density at radius 1 is 1.19 bits per heavy atom. The van der Waals surface area contributed by atoms with E-state index in [0.717, 1.165) is 10.0 Å². The molecule has 0 unspecified atom stereocenters. The molecule has 7 heteroatoms. The summed E-state index contributed by atoms with van der Waals surface area (Å²) in [5.41, 5.74) is -0.278. The lowest BCUT2D eigenvalue weighted by molar-refractivity contribution is 0.117. The Bertz CT molecular complexity index is 938. The molecule has 1 aliphatic carbocycles. The predicted molar refractivity (Wildman–Crippen MR) is 104 cm³/mol. The van der Waals surface area contributed by atoms with E-state index in [9.17, 15) is 13.7 Å². The van der Waals surface area contributed by atoms with Crippen LogP contribution in [0.2, 0.25) is 5.02 Å². The Kier molecular flexibility index (Phi) is 5.45. The molecule has 1 saturated carbocycles. The van der Waals surface area contributed by atoms with Gasteiger partial charge in [-0.3, -0.25) is 0 Å². The van der Waals surface area contributed by atoms with Crippen LogP contribution >= 0.6 is 27.5 Å². The number of hydrogen-bond acceptors (Lipinski definition) is 4. The summed E-state index contributed by atoms with van der Waals surface area (Å²) >= 11 is 9.26. The first-order chi connectivity index (χ1) is 12.4. The third-order valence-corrected chi connectivity index (χ3v) is 7.79. The SMILES string of the molecule is CCOC[C@@]1(C#N)[C@H](S(=O)(=O)c2ccc(Cl)cc2)[C@@H]1c1ccc(Br)cc1. The second-order valence-corrected chi connectivity index (χ2v) is 9.66. The van der Waals surface area contributed by atoms with Crippen LogP contribution in [-0.2, 0) is 14.6 Å². The maximum absolute atomic E-state index is 13.2. The zero-order valence-electron chi connectivity index (χ0n) is 14.0. The van der Waals surface area contributed by atoms with Crippen LogP contribution < -0.4 is 0 Å². The van der Waals surface area contributed by atoms with Gasteiger partial charge in [-0.25, -0.2) is 8.42 Å². The summed E-state index contributed by atoms with van der Waals surface area (Å²) in [5.74, 6) is -0.437. The first-order valence-corrected chi connectivity index (χ1v) is 10.8. The van der Waals surface area contributed by atoms with Gasteiger partial charge in [-0.15, -0.1) is 0 Å². The van der Waals surface area contributed by atoms with Crippen LogP contribution in [-0.4, -0.2) is 26.9 Å². The molecule has 0 amide bonds. The molecule has 3 atom stereocenters. The summed E-state index contributed by atoms with van der Waals surface area (Å²) in [6.45, 7) is 2.33. The van der Waals surface area contributed by atoms with E-state index in [4.69, 9.17) is 16.3 Å². The van der Waals surface area contributed by atoms with Crippen LogP contribution in [0.25, 0.3) is 0 Å². The van der Waals surface area contributed by atoms with Crippen molar-refractivity contribution >= 4 is 37.4 Å². The second kappa shape index (κ2) is 7.32. The van der Waals surface area contributed by atoms with Gasteiger partial charge in [0.2, 0.25) is 0 Å². The number of nitrogens with zero attached hydrogens (tertiary/aromatic N) is 1. The molecule has 0 aliphatic heterocycles. The minimum absolute atomic E-state index is 0.0816. The molecule has 0 radical (unpaired) electrons. The minimum atomic E-state index is -3.71. The van der Waals surface area contributed by atoms with Crippen LogP contribution in [0.15, 0.2) is 57.9 Å².